The molecule has 6 nitrogen and oxygen atoms in total. The van der Waals surface area contributed by atoms with Crippen LogP contribution in [0, 0.1) is 6.92 Å². The first kappa shape index (κ1) is 21.1. The molecule has 28 heavy (non-hydrogen) atoms. The molecular weight excluding hydrogens is 375 g/mol. The van der Waals surface area contributed by atoms with Crippen LogP contribution in [0.15, 0.2) is 54.6 Å². The van der Waals surface area contributed by atoms with Gasteiger partial charge in [-0.1, -0.05) is 35.9 Å². The fraction of sp³-hybridized carbons (Fsp3) is 0.263. The van der Waals surface area contributed by atoms with Gasteiger partial charge in [-0.05, 0) is 38.1 Å². The van der Waals surface area contributed by atoms with Gasteiger partial charge >= 0.3 is 23.8 Å². The fourth-order valence-electron chi connectivity index (χ4n) is 2.34. The lowest BCUT2D eigenvalue weighted by atomic mass is 10.1. The zero-order valence-electron chi connectivity index (χ0n) is 15.3. The molecule has 2 amide bonds. The van der Waals surface area contributed by atoms with Gasteiger partial charge in [0, 0.05) is 11.4 Å². The average molecular weight is 395 g/mol. The normalized spacial score (nSPS) is 13.2. The maximum Gasteiger partial charge on any atom is 0.441 e. The third-order valence-corrected chi connectivity index (χ3v) is 3.72. The van der Waals surface area contributed by atoms with Gasteiger partial charge in [-0.25, -0.2) is 9.59 Å². The first-order chi connectivity index (χ1) is 13.2. The molecule has 0 bridgehead atoms. The molecule has 2 aromatic carbocycles. The summed E-state index contributed by atoms with van der Waals surface area (Å²) in [5.41, 5.74) is -2.42. The van der Waals surface area contributed by atoms with E-state index in [0.717, 1.165) is 5.56 Å². The van der Waals surface area contributed by atoms with Crippen molar-refractivity contribution in [1.82, 2.24) is 5.32 Å². The van der Waals surface area contributed by atoms with Crippen LogP contribution in [0.3, 0.4) is 0 Å². The van der Waals surface area contributed by atoms with Gasteiger partial charge in [0.25, 0.3) is 0 Å². The Kier molecular flexibility index (Phi) is 6.50. The number of esters is 1. The number of hydrogen-bond donors (Lipinski definition) is 3. The van der Waals surface area contributed by atoms with Gasteiger partial charge in [-0.2, -0.15) is 13.2 Å². The minimum absolute atomic E-state index is 0.0176. The van der Waals surface area contributed by atoms with Crippen molar-refractivity contribution in [2.24, 2.45) is 0 Å². The van der Waals surface area contributed by atoms with Crippen molar-refractivity contribution in [3.8, 4) is 0 Å². The molecule has 1 atom stereocenters. The van der Waals surface area contributed by atoms with E-state index in [1.54, 1.807) is 42.6 Å². The summed E-state index contributed by atoms with van der Waals surface area (Å²) in [6.45, 7) is 2.83. The number of nitrogens with one attached hydrogen (secondary N) is 3. The van der Waals surface area contributed by atoms with E-state index < -0.39 is 23.8 Å². The van der Waals surface area contributed by atoms with Crippen LogP contribution in [0.5, 0.6) is 0 Å². The largest absolute Gasteiger partial charge is 0.463 e. The number of aryl methyl sites for hydroxylation is 1. The lowest BCUT2D eigenvalue weighted by molar-refractivity contribution is -0.204. The number of alkyl halides is 3. The van der Waals surface area contributed by atoms with Crippen LogP contribution in [-0.4, -0.2) is 30.4 Å². The highest BCUT2D eigenvalue weighted by Gasteiger charge is 2.63. The number of amides is 2. The Morgan fingerprint density at radius 3 is 2.11 bits per heavy atom. The van der Waals surface area contributed by atoms with Crippen LogP contribution in [0.25, 0.3) is 0 Å². The van der Waals surface area contributed by atoms with Gasteiger partial charge in [-0.15, -0.1) is 0 Å². The van der Waals surface area contributed by atoms with E-state index >= 15 is 0 Å². The molecule has 0 spiro atoms. The summed E-state index contributed by atoms with van der Waals surface area (Å²) in [6.07, 6.45) is -5.20. The summed E-state index contributed by atoms with van der Waals surface area (Å²) in [7, 11) is 0. The number of urea groups is 1. The van der Waals surface area contributed by atoms with Crippen molar-refractivity contribution in [2.75, 3.05) is 17.2 Å². The van der Waals surface area contributed by atoms with Crippen LogP contribution in [0.4, 0.5) is 29.3 Å². The van der Waals surface area contributed by atoms with E-state index in [1.165, 1.54) is 31.2 Å². The summed E-state index contributed by atoms with van der Waals surface area (Å²) in [6, 6.07) is 12.5. The second-order valence-electron chi connectivity index (χ2n) is 5.90. The smallest absolute Gasteiger partial charge is 0.441 e. The van der Waals surface area contributed by atoms with E-state index in [9.17, 15) is 22.8 Å². The minimum atomic E-state index is -5.20. The highest BCUT2D eigenvalue weighted by Crippen LogP contribution is 2.33. The summed E-state index contributed by atoms with van der Waals surface area (Å²) in [4.78, 5) is 24.6. The molecule has 0 saturated heterocycles. The average Bonchev–Trinajstić information content (AvgIpc) is 2.63. The summed E-state index contributed by atoms with van der Waals surface area (Å²) in [5, 5.41) is 6.06. The molecule has 150 valence electrons. The Hall–Kier alpha value is -3.23. The molecule has 2 rings (SSSR count). The molecule has 1 unspecified atom stereocenters. The standard InChI is InChI=1S/C19H20F3N3O3/c1-3-28-16(26)18(19(20,21)22,24-15-11-9-13(2)10-12-15)25-17(27)23-14-7-5-4-6-8-14/h4-12,24H,3H2,1-2H3,(H2,23,25,27). The Balaban J connectivity index is 2.38. The molecule has 0 aliphatic carbocycles. The molecule has 9 heteroatoms. The first-order valence-corrected chi connectivity index (χ1v) is 8.41. The molecule has 0 aliphatic rings. The SMILES string of the molecule is CCOC(=O)C(NC(=O)Nc1ccccc1)(Nc1ccc(C)cc1)C(F)(F)F. The monoisotopic (exact) mass is 395 g/mol. The number of halogens is 3. The number of rotatable bonds is 6. The Morgan fingerprint density at radius 1 is 0.964 bits per heavy atom. The first-order valence-electron chi connectivity index (χ1n) is 8.41. The lowest BCUT2D eigenvalue weighted by Gasteiger charge is -2.35. The Morgan fingerprint density at radius 2 is 1.57 bits per heavy atom. The van der Waals surface area contributed by atoms with Gasteiger partial charge in [0.2, 0.25) is 0 Å². The molecule has 0 fully saturated rings. The lowest BCUT2D eigenvalue weighted by Crippen LogP contribution is -2.70. The number of anilines is 2. The molecule has 0 aromatic heterocycles. The highest BCUT2D eigenvalue weighted by molar-refractivity contribution is 5.96. The van der Waals surface area contributed by atoms with Crippen LogP contribution in [-0.2, 0) is 9.53 Å². The van der Waals surface area contributed by atoms with E-state index in [0.29, 0.717) is 0 Å². The van der Waals surface area contributed by atoms with Crippen LogP contribution in [0.2, 0.25) is 0 Å². The second kappa shape index (κ2) is 8.64. The number of benzene rings is 2. The number of ether oxygens (including phenoxy) is 1. The predicted octanol–water partition coefficient (Wildman–Crippen LogP) is 4.05. The molecule has 2 aromatic rings. The number of para-hydroxylation sites is 1. The topological polar surface area (TPSA) is 79.5 Å². The van der Waals surface area contributed by atoms with Gasteiger partial charge < -0.3 is 15.4 Å². The van der Waals surface area contributed by atoms with Crippen molar-refractivity contribution in [2.45, 2.75) is 25.7 Å². The van der Waals surface area contributed by atoms with Crippen molar-refractivity contribution >= 4 is 23.4 Å². The summed E-state index contributed by atoms with van der Waals surface area (Å²) < 4.78 is 46.6. The fourth-order valence-corrected chi connectivity index (χ4v) is 2.34. The predicted molar refractivity (Wildman–Crippen MR) is 98.8 cm³/mol. The minimum Gasteiger partial charge on any atom is -0.463 e. The summed E-state index contributed by atoms with van der Waals surface area (Å²) in [5.74, 6) is -1.67. The van der Waals surface area contributed by atoms with Gasteiger partial charge in [-0.3, -0.25) is 5.32 Å². The van der Waals surface area contributed by atoms with Crippen molar-refractivity contribution in [1.29, 1.82) is 0 Å². The zero-order valence-corrected chi connectivity index (χ0v) is 15.3. The van der Waals surface area contributed by atoms with E-state index in [1.807, 2.05) is 0 Å². The number of carbonyl (C=O) groups is 2. The quantitative estimate of drug-likeness (QED) is 0.509. The summed E-state index contributed by atoms with van der Waals surface area (Å²) >= 11 is 0. The van der Waals surface area contributed by atoms with E-state index in [-0.39, 0.29) is 18.0 Å². The third-order valence-electron chi connectivity index (χ3n) is 3.72. The van der Waals surface area contributed by atoms with Gasteiger partial charge in [0.1, 0.15) is 0 Å². The van der Waals surface area contributed by atoms with Crippen LogP contribution in [0.1, 0.15) is 12.5 Å². The highest BCUT2D eigenvalue weighted by atomic mass is 19.4. The molecule has 0 aliphatic heterocycles. The molecule has 0 radical (unpaired) electrons. The maximum atomic E-state index is 14.0. The van der Waals surface area contributed by atoms with Crippen LogP contribution >= 0.6 is 0 Å². The van der Waals surface area contributed by atoms with E-state index in [2.05, 4.69) is 15.4 Å². The van der Waals surface area contributed by atoms with Crippen molar-refractivity contribution < 1.29 is 27.5 Å². The second-order valence-corrected chi connectivity index (χ2v) is 5.90. The van der Waals surface area contributed by atoms with Gasteiger partial charge in [0.15, 0.2) is 0 Å². The third kappa shape index (κ3) is 4.93. The molecule has 0 saturated carbocycles. The maximum absolute atomic E-state index is 14.0. The molecule has 3 N–H and O–H groups in total. The molecule has 0 heterocycles. The van der Waals surface area contributed by atoms with Crippen molar-refractivity contribution in [3.05, 3.63) is 60.2 Å². The van der Waals surface area contributed by atoms with Crippen LogP contribution < -0.4 is 16.0 Å². The Bertz CT molecular complexity index is 811. The Labute approximate surface area is 160 Å². The zero-order chi connectivity index (χ0) is 20.8. The molecular formula is C19H20F3N3O3. The number of carbonyl (C=O) groups excluding carboxylic acids is 2. The van der Waals surface area contributed by atoms with Gasteiger partial charge in [0.05, 0.1) is 6.61 Å². The van der Waals surface area contributed by atoms with E-state index in [4.69, 9.17) is 0 Å². The van der Waals surface area contributed by atoms with Crippen molar-refractivity contribution in [3.63, 3.8) is 0 Å². The number of hydrogen-bond acceptors (Lipinski definition) is 4.